The Bertz CT molecular complexity index is 61.4. The summed E-state index contributed by atoms with van der Waals surface area (Å²) in [7, 11) is 0. The first-order chi connectivity index (χ1) is 5.91. The topological polar surface area (TPSA) is 12.0 Å². The summed E-state index contributed by atoms with van der Waals surface area (Å²) < 4.78 is 0. The van der Waals surface area contributed by atoms with Gasteiger partial charge in [0.15, 0.2) is 0 Å². The highest BCUT2D eigenvalue weighted by Gasteiger charge is 1.89. The molecule has 1 heteroatoms. The number of hydrogen-bond donors (Lipinski definition) is 1. The molecule has 0 aliphatic carbocycles. The van der Waals surface area contributed by atoms with E-state index in [4.69, 9.17) is 0 Å². The Labute approximate surface area is 77.9 Å². The fraction of sp³-hybridized carbons (Fsp3) is 0.909. The fourth-order valence-corrected chi connectivity index (χ4v) is 1.20. The van der Waals surface area contributed by atoms with Crippen molar-refractivity contribution < 1.29 is 0 Å². The average Bonchev–Trinajstić information content (AvgIpc) is 2.10. The Morgan fingerprint density at radius 2 is 1.67 bits per heavy atom. The van der Waals surface area contributed by atoms with Gasteiger partial charge in [-0.2, -0.15) is 0 Å². The maximum absolute atomic E-state index is 3.30. The third kappa shape index (κ3) is 9.96. The van der Waals surface area contributed by atoms with Crippen molar-refractivity contribution in [2.75, 3.05) is 6.54 Å². The maximum Gasteiger partial charge on any atom is 0.0221 e. The van der Waals surface area contributed by atoms with Crippen LogP contribution in [0.5, 0.6) is 0 Å². The highest BCUT2D eigenvalue weighted by Crippen LogP contribution is 2.05. The van der Waals surface area contributed by atoms with Crippen molar-refractivity contribution in [2.45, 2.75) is 58.8 Å². The predicted molar refractivity (Wildman–Crippen MR) is 56.0 cm³/mol. The van der Waals surface area contributed by atoms with Crippen LogP contribution >= 0.6 is 0 Å². The molecular formula is C11H24N. The summed E-state index contributed by atoms with van der Waals surface area (Å²) >= 11 is 0. The summed E-state index contributed by atoms with van der Waals surface area (Å²) in [6.07, 6.45) is 9.39. The van der Waals surface area contributed by atoms with E-state index >= 15 is 0 Å². The van der Waals surface area contributed by atoms with Crippen LogP contribution < -0.4 is 5.32 Å². The Morgan fingerprint density at radius 1 is 0.917 bits per heavy atom. The molecule has 0 aromatic carbocycles. The van der Waals surface area contributed by atoms with E-state index in [0.29, 0.717) is 0 Å². The van der Waals surface area contributed by atoms with Gasteiger partial charge in [0.2, 0.25) is 0 Å². The second kappa shape index (κ2) is 11.0. The minimum atomic E-state index is 1.13. The lowest BCUT2D eigenvalue weighted by Gasteiger charge is -2.01. The number of unbranched alkanes of at least 4 members (excludes halogenated alkanes) is 5. The van der Waals surface area contributed by atoms with Gasteiger partial charge >= 0.3 is 0 Å². The van der Waals surface area contributed by atoms with E-state index in [1.807, 2.05) is 0 Å². The first-order valence-electron chi connectivity index (χ1n) is 5.46. The largest absolute Gasteiger partial charge is 0.312 e. The number of nitrogens with one attached hydrogen (secondary N) is 1. The second-order valence-electron chi connectivity index (χ2n) is 3.36. The normalized spacial score (nSPS) is 10.5. The molecule has 0 aliphatic heterocycles. The van der Waals surface area contributed by atoms with Crippen LogP contribution in [0.1, 0.15) is 58.8 Å². The summed E-state index contributed by atoms with van der Waals surface area (Å²) in [6.45, 7) is 7.81. The molecule has 12 heavy (non-hydrogen) atoms. The lowest BCUT2D eigenvalue weighted by atomic mass is 10.1. The van der Waals surface area contributed by atoms with Crippen LogP contribution in [0.25, 0.3) is 0 Å². The minimum absolute atomic E-state index is 1.13. The van der Waals surface area contributed by atoms with Crippen LogP contribution in [-0.2, 0) is 0 Å². The highest BCUT2D eigenvalue weighted by atomic mass is 14.8. The molecule has 1 N–H and O–H groups in total. The molecule has 0 aromatic rings. The van der Waals surface area contributed by atoms with Gasteiger partial charge < -0.3 is 5.32 Å². The number of rotatable bonds is 9. The molecule has 0 aromatic heterocycles. The van der Waals surface area contributed by atoms with E-state index in [2.05, 4.69) is 25.7 Å². The van der Waals surface area contributed by atoms with Gasteiger partial charge in [-0.1, -0.05) is 46.0 Å². The van der Waals surface area contributed by atoms with Crippen LogP contribution in [0.4, 0.5) is 0 Å². The van der Waals surface area contributed by atoms with Crippen molar-refractivity contribution in [2.24, 2.45) is 0 Å². The molecule has 0 amide bonds. The summed E-state index contributed by atoms with van der Waals surface area (Å²) in [4.78, 5) is 0. The maximum atomic E-state index is 3.30. The summed E-state index contributed by atoms with van der Waals surface area (Å²) in [5.41, 5.74) is 0. The molecule has 0 spiro atoms. The molecule has 0 aliphatic rings. The van der Waals surface area contributed by atoms with Gasteiger partial charge in [-0.25, -0.2) is 0 Å². The molecule has 0 saturated carbocycles. The minimum Gasteiger partial charge on any atom is -0.312 e. The third-order valence-electron chi connectivity index (χ3n) is 1.99. The van der Waals surface area contributed by atoms with Gasteiger partial charge in [-0.3, -0.25) is 0 Å². The molecule has 0 heterocycles. The summed E-state index contributed by atoms with van der Waals surface area (Å²) in [5, 5.41) is 3.30. The van der Waals surface area contributed by atoms with E-state index in [0.717, 1.165) is 6.54 Å². The average molecular weight is 170 g/mol. The zero-order chi connectivity index (χ0) is 9.07. The predicted octanol–water partition coefficient (Wildman–Crippen LogP) is 3.51. The zero-order valence-electron chi connectivity index (χ0n) is 8.73. The molecule has 1 radical (unpaired) electrons. The molecule has 0 fully saturated rings. The lowest BCUT2D eigenvalue weighted by Crippen LogP contribution is -2.10. The smallest absolute Gasteiger partial charge is 0.0221 e. The first kappa shape index (κ1) is 12.0. The van der Waals surface area contributed by atoms with Crippen LogP contribution in [-0.4, -0.2) is 6.54 Å². The molecule has 0 unspecified atom stereocenters. The van der Waals surface area contributed by atoms with Crippen molar-refractivity contribution in [3.8, 4) is 0 Å². The number of hydrogen-bond acceptors (Lipinski definition) is 1. The molecule has 73 valence electrons. The highest BCUT2D eigenvalue weighted by molar-refractivity contribution is 4.60. The Balaban J connectivity index is 2.73. The molecule has 0 atom stereocenters. The summed E-state index contributed by atoms with van der Waals surface area (Å²) in [6, 6.07) is 0. The molecule has 0 rings (SSSR count). The van der Waals surface area contributed by atoms with E-state index in [1.54, 1.807) is 0 Å². The Kier molecular flexibility index (Phi) is 10.9. The standard InChI is InChI=1S/C11H24N/c1-3-5-6-7-8-9-11-12-10-4-2/h11-12H,3-10H2,1-2H3. The molecular weight excluding hydrogens is 146 g/mol. The summed E-state index contributed by atoms with van der Waals surface area (Å²) in [5.74, 6) is 0. The van der Waals surface area contributed by atoms with Crippen LogP contribution in [0.15, 0.2) is 0 Å². The fourth-order valence-electron chi connectivity index (χ4n) is 1.20. The Morgan fingerprint density at radius 3 is 2.33 bits per heavy atom. The second-order valence-corrected chi connectivity index (χ2v) is 3.36. The van der Waals surface area contributed by atoms with Gasteiger partial charge in [-0.05, 0) is 19.4 Å². The van der Waals surface area contributed by atoms with Crippen LogP contribution in [0.2, 0.25) is 0 Å². The quantitative estimate of drug-likeness (QED) is 0.522. The van der Waals surface area contributed by atoms with Crippen molar-refractivity contribution in [1.29, 1.82) is 0 Å². The van der Waals surface area contributed by atoms with Crippen molar-refractivity contribution in [3.05, 3.63) is 6.54 Å². The van der Waals surface area contributed by atoms with Gasteiger partial charge in [0.1, 0.15) is 0 Å². The molecule has 1 nitrogen and oxygen atoms in total. The van der Waals surface area contributed by atoms with E-state index in [9.17, 15) is 0 Å². The van der Waals surface area contributed by atoms with Crippen molar-refractivity contribution in [3.63, 3.8) is 0 Å². The lowest BCUT2D eigenvalue weighted by molar-refractivity contribution is 0.608. The van der Waals surface area contributed by atoms with Gasteiger partial charge in [0.05, 0.1) is 0 Å². The van der Waals surface area contributed by atoms with Crippen molar-refractivity contribution in [1.82, 2.24) is 5.32 Å². The monoisotopic (exact) mass is 170 g/mol. The van der Waals surface area contributed by atoms with Crippen LogP contribution in [0.3, 0.4) is 0 Å². The van der Waals surface area contributed by atoms with Gasteiger partial charge in [0, 0.05) is 6.54 Å². The van der Waals surface area contributed by atoms with E-state index in [1.165, 1.54) is 44.9 Å². The molecule has 0 saturated heterocycles. The van der Waals surface area contributed by atoms with Crippen LogP contribution in [0, 0.1) is 6.54 Å². The molecule has 0 bridgehead atoms. The first-order valence-corrected chi connectivity index (χ1v) is 5.46. The SMILES string of the molecule is CCCCCCC[CH]NCCC. The van der Waals surface area contributed by atoms with Gasteiger partial charge in [0.25, 0.3) is 0 Å². The Hall–Kier alpha value is -0.0400. The van der Waals surface area contributed by atoms with E-state index in [-0.39, 0.29) is 0 Å². The third-order valence-corrected chi connectivity index (χ3v) is 1.99. The zero-order valence-corrected chi connectivity index (χ0v) is 8.73. The van der Waals surface area contributed by atoms with E-state index < -0.39 is 0 Å². The van der Waals surface area contributed by atoms with Crippen molar-refractivity contribution >= 4 is 0 Å². The van der Waals surface area contributed by atoms with Gasteiger partial charge in [-0.15, -0.1) is 0 Å².